The molecule has 0 spiro atoms. The van der Waals surface area contributed by atoms with Crippen molar-refractivity contribution in [1.82, 2.24) is 15.1 Å². The average Bonchev–Trinajstić information content (AvgIpc) is 3.08. The topological polar surface area (TPSA) is 77.4 Å². The van der Waals surface area contributed by atoms with Crippen LogP contribution in [0, 0.1) is 5.92 Å². The number of rotatable bonds is 7. The van der Waals surface area contributed by atoms with Gasteiger partial charge in [-0.3, -0.25) is 9.48 Å². The van der Waals surface area contributed by atoms with E-state index in [0.29, 0.717) is 12.5 Å². The molecular weight excluding hydrogens is 332 g/mol. The molecule has 3 rings (SSSR count). The number of anilines is 1. The Balaban J connectivity index is 1.53. The predicted octanol–water partition coefficient (Wildman–Crippen LogP) is 2.12. The molecule has 0 aliphatic carbocycles. The van der Waals surface area contributed by atoms with Gasteiger partial charge < -0.3 is 20.1 Å². The number of carbonyl (C=O) groups excluding carboxylic acids is 1. The fourth-order valence-electron chi connectivity index (χ4n) is 3.01. The molecule has 1 fully saturated rings. The summed E-state index contributed by atoms with van der Waals surface area (Å²) in [6, 6.07) is 7.02. The van der Waals surface area contributed by atoms with Crippen molar-refractivity contribution in [3.8, 4) is 5.75 Å². The average molecular weight is 358 g/mol. The zero-order valence-electron chi connectivity index (χ0n) is 15.3. The molecule has 1 aliphatic heterocycles. The van der Waals surface area contributed by atoms with Crippen LogP contribution < -0.4 is 15.4 Å². The Morgan fingerprint density at radius 1 is 1.35 bits per heavy atom. The van der Waals surface area contributed by atoms with E-state index in [4.69, 9.17) is 9.47 Å². The van der Waals surface area contributed by atoms with Crippen molar-refractivity contribution in [3.05, 3.63) is 42.2 Å². The Morgan fingerprint density at radius 3 is 2.69 bits per heavy atom. The Hall–Kier alpha value is -2.38. The molecule has 1 aromatic carbocycles. The molecule has 2 N–H and O–H groups in total. The molecule has 2 heterocycles. The van der Waals surface area contributed by atoms with Crippen LogP contribution in [0.4, 0.5) is 5.69 Å². The van der Waals surface area contributed by atoms with Gasteiger partial charge in [-0.25, -0.2) is 0 Å². The quantitative estimate of drug-likeness (QED) is 0.793. The van der Waals surface area contributed by atoms with Gasteiger partial charge in [0.2, 0.25) is 5.91 Å². The molecule has 0 bridgehead atoms. The van der Waals surface area contributed by atoms with Crippen molar-refractivity contribution < 1.29 is 14.3 Å². The molecule has 7 heteroatoms. The van der Waals surface area contributed by atoms with Crippen LogP contribution in [0.25, 0.3) is 0 Å². The Morgan fingerprint density at radius 2 is 2.08 bits per heavy atom. The maximum Gasteiger partial charge on any atom is 0.246 e. The van der Waals surface area contributed by atoms with Crippen LogP contribution in [-0.2, 0) is 16.6 Å². The molecule has 1 aliphatic rings. The SMILES string of the molecule is CNC(C(=O)Nc1ccc(OCC2CCOCC2)cc1)c1cnn(C)c1. The van der Waals surface area contributed by atoms with E-state index in [1.165, 1.54) is 0 Å². The number of nitrogens with zero attached hydrogens (tertiary/aromatic N) is 2. The van der Waals surface area contributed by atoms with Crippen molar-refractivity contribution in [2.75, 3.05) is 32.2 Å². The number of aromatic nitrogens is 2. The molecule has 1 amide bonds. The van der Waals surface area contributed by atoms with Crippen molar-refractivity contribution in [2.24, 2.45) is 13.0 Å². The highest BCUT2D eigenvalue weighted by atomic mass is 16.5. The molecule has 1 saturated heterocycles. The maximum atomic E-state index is 12.5. The van der Waals surface area contributed by atoms with E-state index in [9.17, 15) is 4.79 Å². The Kier molecular flexibility index (Phi) is 6.25. The van der Waals surface area contributed by atoms with Gasteiger partial charge in [0.05, 0.1) is 12.8 Å². The summed E-state index contributed by atoms with van der Waals surface area (Å²) in [5.74, 6) is 1.24. The lowest BCUT2D eigenvalue weighted by atomic mass is 10.0. The maximum absolute atomic E-state index is 12.5. The number of hydrogen-bond acceptors (Lipinski definition) is 5. The van der Waals surface area contributed by atoms with Crippen LogP contribution in [0.15, 0.2) is 36.7 Å². The summed E-state index contributed by atoms with van der Waals surface area (Å²) in [6.07, 6.45) is 5.61. The predicted molar refractivity (Wildman–Crippen MR) is 99.1 cm³/mol. The lowest BCUT2D eigenvalue weighted by Gasteiger charge is -2.22. The largest absolute Gasteiger partial charge is 0.493 e. The van der Waals surface area contributed by atoms with Gasteiger partial charge in [-0.05, 0) is 50.1 Å². The van der Waals surface area contributed by atoms with Gasteiger partial charge in [-0.1, -0.05) is 0 Å². The van der Waals surface area contributed by atoms with Gasteiger partial charge in [0.25, 0.3) is 0 Å². The van der Waals surface area contributed by atoms with Crippen LogP contribution in [0.5, 0.6) is 5.75 Å². The highest BCUT2D eigenvalue weighted by Gasteiger charge is 2.20. The highest BCUT2D eigenvalue weighted by molar-refractivity contribution is 5.95. The fraction of sp³-hybridized carbons (Fsp3) is 0.474. The number of aryl methyl sites for hydroxylation is 1. The minimum atomic E-state index is -0.451. The van der Waals surface area contributed by atoms with Gasteiger partial charge in [-0.2, -0.15) is 5.10 Å². The van der Waals surface area contributed by atoms with Gasteiger partial charge in [0, 0.05) is 37.7 Å². The molecule has 7 nitrogen and oxygen atoms in total. The zero-order valence-corrected chi connectivity index (χ0v) is 15.3. The van der Waals surface area contributed by atoms with Gasteiger partial charge >= 0.3 is 0 Å². The summed E-state index contributed by atoms with van der Waals surface area (Å²) in [6.45, 7) is 2.35. The first-order chi connectivity index (χ1) is 12.7. The van der Waals surface area contributed by atoms with E-state index in [0.717, 1.165) is 43.1 Å². The summed E-state index contributed by atoms with van der Waals surface area (Å²) in [4.78, 5) is 12.5. The summed E-state index contributed by atoms with van der Waals surface area (Å²) >= 11 is 0. The van der Waals surface area contributed by atoms with E-state index in [1.54, 1.807) is 17.9 Å². The molecule has 1 unspecified atom stereocenters. The van der Waals surface area contributed by atoms with Crippen LogP contribution >= 0.6 is 0 Å². The van der Waals surface area contributed by atoms with Crippen molar-refractivity contribution in [1.29, 1.82) is 0 Å². The standard InChI is InChI=1S/C19H26N4O3/c1-20-18(15-11-21-23(2)12-15)19(24)22-16-3-5-17(6-4-16)26-13-14-7-9-25-10-8-14/h3-6,11-12,14,18,20H,7-10,13H2,1-2H3,(H,22,24). The summed E-state index contributed by atoms with van der Waals surface area (Å²) < 4.78 is 12.9. The van der Waals surface area contributed by atoms with Crippen molar-refractivity contribution in [2.45, 2.75) is 18.9 Å². The molecule has 140 valence electrons. The Bertz CT molecular complexity index is 708. The first-order valence-corrected chi connectivity index (χ1v) is 8.93. The number of ether oxygens (including phenoxy) is 2. The van der Waals surface area contributed by atoms with E-state index >= 15 is 0 Å². The summed E-state index contributed by atoms with van der Waals surface area (Å²) in [7, 11) is 3.58. The lowest BCUT2D eigenvalue weighted by molar-refractivity contribution is -0.118. The van der Waals surface area contributed by atoms with E-state index in [-0.39, 0.29) is 5.91 Å². The number of carbonyl (C=O) groups is 1. The first-order valence-electron chi connectivity index (χ1n) is 8.93. The minimum Gasteiger partial charge on any atom is -0.493 e. The highest BCUT2D eigenvalue weighted by Crippen LogP contribution is 2.21. The molecule has 26 heavy (non-hydrogen) atoms. The number of likely N-dealkylation sites (N-methyl/N-ethyl adjacent to an activating group) is 1. The second kappa shape index (κ2) is 8.82. The molecule has 2 aromatic rings. The second-order valence-electron chi connectivity index (χ2n) is 6.55. The third-order valence-electron chi connectivity index (χ3n) is 4.56. The number of amides is 1. The third kappa shape index (κ3) is 4.83. The molecule has 1 aromatic heterocycles. The molecule has 1 atom stereocenters. The Labute approximate surface area is 153 Å². The van der Waals surface area contributed by atoms with Crippen molar-refractivity contribution in [3.63, 3.8) is 0 Å². The van der Waals surface area contributed by atoms with Crippen molar-refractivity contribution >= 4 is 11.6 Å². The summed E-state index contributed by atoms with van der Waals surface area (Å²) in [5, 5.41) is 10.1. The van der Waals surface area contributed by atoms with Gasteiger partial charge in [0.1, 0.15) is 11.8 Å². The first kappa shape index (κ1) is 18.4. The number of nitrogens with one attached hydrogen (secondary N) is 2. The molecule has 0 saturated carbocycles. The smallest absolute Gasteiger partial charge is 0.246 e. The normalized spacial score (nSPS) is 16.2. The summed E-state index contributed by atoms with van der Waals surface area (Å²) in [5.41, 5.74) is 1.56. The molecule has 0 radical (unpaired) electrons. The minimum absolute atomic E-state index is 0.128. The fourth-order valence-corrected chi connectivity index (χ4v) is 3.01. The third-order valence-corrected chi connectivity index (χ3v) is 4.56. The van der Waals surface area contributed by atoms with E-state index < -0.39 is 6.04 Å². The monoisotopic (exact) mass is 358 g/mol. The number of hydrogen-bond donors (Lipinski definition) is 2. The van der Waals surface area contributed by atoms with Crippen LogP contribution in [-0.4, -0.2) is 42.6 Å². The number of benzene rings is 1. The van der Waals surface area contributed by atoms with E-state index in [1.807, 2.05) is 37.5 Å². The van der Waals surface area contributed by atoms with Crippen LogP contribution in [0.3, 0.4) is 0 Å². The lowest BCUT2D eigenvalue weighted by Crippen LogP contribution is -2.30. The zero-order chi connectivity index (χ0) is 18.4. The van der Waals surface area contributed by atoms with Gasteiger partial charge in [-0.15, -0.1) is 0 Å². The second-order valence-corrected chi connectivity index (χ2v) is 6.55. The van der Waals surface area contributed by atoms with Crippen LogP contribution in [0.1, 0.15) is 24.4 Å². The molecular formula is C19H26N4O3. The van der Waals surface area contributed by atoms with Gasteiger partial charge in [0.15, 0.2) is 0 Å². The van der Waals surface area contributed by atoms with E-state index in [2.05, 4.69) is 15.7 Å². The van der Waals surface area contributed by atoms with Crippen LogP contribution in [0.2, 0.25) is 0 Å².